The number of carbonyl (C=O) groups is 2. The van der Waals surface area contributed by atoms with Gasteiger partial charge in [-0.1, -0.05) is 24.3 Å². The number of nitrogens with one attached hydrogen (secondary N) is 1. The molecule has 0 unspecified atom stereocenters. The highest BCUT2D eigenvalue weighted by Gasteiger charge is 2.38. The van der Waals surface area contributed by atoms with Gasteiger partial charge in [0, 0.05) is 61.5 Å². The fraction of sp³-hybridized carbons (Fsp3) is 0.234. The van der Waals surface area contributed by atoms with Crippen molar-refractivity contribution in [3.05, 3.63) is 143 Å². The zero-order chi connectivity index (χ0) is 46.9. The van der Waals surface area contributed by atoms with E-state index in [4.69, 9.17) is 23.4 Å². The van der Waals surface area contributed by atoms with Gasteiger partial charge in [0.05, 0.1) is 62.0 Å². The molecule has 0 fully saturated rings. The number of carbonyl (C=O) groups excluding carboxylic acids is 2. The van der Waals surface area contributed by atoms with Crippen LogP contribution in [-0.2, 0) is 52.9 Å². The average Bonchev–Trinajstić information content (AvgIpc) is 4.05. The summed E-state index contributed by atoms with van der Waals surface area (Å²) in [6.07, 6.45) is 6.99. The summed E-state index contributed by atoms with van der Waals surface area (Å²) in [5.41, 5.74) is 5.27. The van der Waals surface area contributed by atoms with Crippen molar-refractivity contribution in [2.24, 2.45) is 0 Å². The first-order chi connectivity index (χ1) is 31.6. The number of aromatic nitrogens is 2. The van der Waals surface area contributed by atoms with Crippen LogP contribution in [0.5, 0.6) is 23.0 Å². The predicted molar refractivity (Wildman–Crippen MR) is 248 cm³/mol. The molecule has 0 bridgehead atoms. The van der Waals surface area contributed by atoms with Gasteiger partial charge in [-0.15, -0.1) is 0 Å². The Labute approximate surface area is 381 Å². The molecule has 342 valence electrons. The molecule has 0 atom stereocenters. The molecule has 5 heterocycles. The van der Waals surface area contributed by atoms with Gasteiger partial charge in [-0.2, -0.15) is 0 Å². The summed E-state index contributed by atoms with van der Waals surface area (Å²) in [5, 5.41) is 3.96. The smallest absolute Gasteiger partial charge is 0.258 e. The van der Waals surface area contributed by atoms with E-state index in [-0.39, 0.29) is 44.7 Å². The third-order valence-corrected chi connectivity index (χ3v) is 13.7. The molecule has 4 aromatic carbocycles. The largest absolute Gasteiger partial charge is 0.497 e. The van der Waals surface area contributed by atoms with E-state index in [1.807, 2.05) is 48.5 Å². The van der Waals surface area contributed by atoms with E-state index in [2.05, 4.69) is 15.3 Å². The quantitative estimate of drug-likeness (QED) is 0.125. The highest BCUT2D eigenvalue weighted by molar-refractivity contribution is 7.92. The Morgan fingerprint density at radius 3 is 1.65 bits per heavy atom. The standard InChI is InChI=1S/C26H25N3O6S.C21H21N3O5S/c1-28(36(3,31)32)24-20-7-4-12-27-23(20)25(35-16-17-8-10-18(33-2)11-9-17)22-21(24)15-29(26(22)30)14-19-6-5-13-34-19;1-24(30(3,26)27)19-15-5-4-10-22-18(15)20(17-16(19)11-23-21(17)25)29-12-13-6-8-14(28-2)9-7-13/h4-13H,14-16H2,1-3H3;4-10H,11-12H2,1-3H3,(H,23,25). The maximum atomic E-state index is 13.7. The van der Waals surface area contributed by atoms with Crippen molar-refractivity contribution in [2.45, 2.75) is 32.8 Å². The lowest BCUT2D eigenvalue weighted by Crippen LogP contribution is -2.26. The van der Waals surface area contributed by atoms with Crippen molar-refractivity contribution < 1.29 is 49.8 Å². The lowest BCUT2D eigenvalue weighted by Gasteiger charge is -2.23. The minimum atomic E-state index is -3.62. The summed E-state index contributed by atoms with van der Waals surface area (Å²) < 4.78 is 80.3. The molecule has 66 heavy (non-hydrogen) atoms. The van der Waals surface area contributed by atoms with E-state index in [0.717, 1.165) is 35.1 Å². The number of methoxy groups -OCH3 is 2. The molecule has 7 aromatic rings. The van der Waals surface area contributed by atoms with E-state index in [1.54, 1.807) is 74.2 Å². The Kier molecular flexibility index (Phi) is 12.5. The molecule has 17 nitrogen and oxygen atoms in total. The van der Waals surface area contributed by atoms with Gasteiger partial charge in [0.1, 0.15) is 41.5 Å². The Hall–Kier alpha value is -7.38. The molecule has 0 saturated heterocycles. The fourth-order valence-electron chi connectivity index (χ4n) is 7.90. The summed E-state index contributed by atoms with van der Waals surface area (Å²) in [6.45, 7) is 1.07. The maximum Gasteiger partial charge on any atom is 0.258 e. The number of ether oxygens (including phenoxy) is 4. The van der Waals surface area contributed by atoms with Crippen LogP contribution >= 0.6 is 0 Å². The monoisotopic (exact) mass is 934 g/mol. The van der Waals surface area contributed by atoms with E-state index < -0.39 is 20.0 Å². The van der Waals surface area contributed by atoms with Crippen LogP contribution in [0.25, 0.3) is 21.8 Å². The minimum absolute atomic E-state index is 0.189. The van der Waals surface area contributed by atoms with Crippen molar-refractivity contribution >= 4 is 65.0 Å². The molecule has 2 aliphatic rings. The lowest BCUT2D eigenvalue weighted by molar-refractivity contribution is 0.0751. The lowest BCUT2D eigenvalue weighted by atomic mass is 10.0. The van der Waals surface area contributed by atoms with Crippen LogP contribution < -0.4 is 32.9 Å². The van der Waals surface area contributed by atoms with Crippen LogP contribution in [0.15, 0.2) is 108 Å². The van der Waals surface area contributed by atoms with Crippen molar-refractivity contribution in [2.75, 3.05) is 49.4 Å². The van der Waals surface area contributed by atoms with Gasteiger partial charge in [0.2, 0.25) is 20.0 Å². The van der Waals surface area contributed by atoms with E-state index >= 15 is 0 Å². The van der Waals surface area contributed by atoms with Crippen LogP contribution in [0.1, 0.15) is 48.7 Å². The highest BCUT2D eigenvalue weighted by atomic mass is 32.2. The molecule has 0 radical (unpaired) electrons. The summed E-state index contributed by atoms with van der Waals surface area (Å²) in [7, 11) is -1.02. The molecule has 0 aliphatic carbocycles. The number of nitrogens with zero attached hydrogens (tertiary/aromatic N) is 5. The third kappa shape index (κ3) is 8.86. The first-order valence-electron chi connectivity index (χ1n) is 20.4. The molecule has 9 rings (SSSR count). The number of pyridine rings is 2. The number of furan rings is 1. The number of hydrogen-bond acceptors (Lipinski definition) is 13. The number of amides is 2. The average molecular weight is 935 g/mol. The van der Waals surface area contributed by atoms with E-state index in [1.165, 1.54) is 22.7 Å². The van der Waals surface area contributed by atoms with Gasteiger partial charge >= 0.3 is 0 Å². The fourth-order valence-corrected chi connectivity index (χ4v) is 8.98. The van der Waals surface area contributed by atoms with Gasteiger partial charge in [0.25, 0.3) is 11.8 Å². The Morgan fingerprint density at radius 2 is 1.18 bits per heavy atom. The molecule has 3 aromatic heterocycles. The van der Waals surface area contributed by atoms with Crippen LogP contribution in [0.3, 0.4) is 0 Å². The summed E-state index contributed by atoms with van der Waals surface area (Å²) in [6, 6.07) is 25.4. The molecule has 1 N–H and O–H groups in total. The Bertz CT molecular complexity index is 3200. The van der Waals surface area contributed by atoms with Crippen molar-refractivity contribution in [1.29, 1.82) is 0 Å². The molecule has 2 amide bonds. The van der Waals surface area contributed by atoms with Crippen molar-refractivity contribution in [1.82, 2.24) is 20.2 Å². The molecule has 2 aliphatic heterocycles. The number of fused-ring (bicyclic) bond motifs is 4. The molecule has 19 heteroatoms. The van der Waals surface area contributed by atoms with Crippen molar-refractivity contribution in [3.8, 4) is 23.0 Å². The zero-order valence-corrected chi connectivity index (χ0v) is 38.5. The Balaban J connectivity index is 0.000000182. The second kappa shape index (κ2) is 18.2. The second-order valence-corrected chi connectivity index (χ2v) is 19.5. The predicted octanol–water partition coefficient (Wildman–Crippen LogP) is 6.43. The molecule has 0 spiro atoms. The number of anilines is 2. The van der Waals surface area contributed by atoms with Gasteiger partial charge in [-0.25, -0.2) is 16.8 Å². The first-order valence-corrected chi connectivity index (χ1v) is 24.1. The highest BCUT2D eigenvalue weighted by Crippen LogP contribution is 2.46. The van der Waals surface area contributed by atoms with Crippen LogP contribution in [0.4, 0.5) is 11.4 Å². The second-order valence-electron chi connectivity index (χ2n) is 15.5. The zero-order valence-electron chi connectivity index (χ0n) is 36.9. The van der Waals surface area contributed by atoms with Crippen LogP contribution in [-0.4, -0.2) is 84.3 Å². The van der Waals surface area contributed by atoms with Crippen LogP contribution in [0.2, 0.25) is 0 Å². The normalized spacial score (nSPS) is 13.2. The summed E-state index contributed by atoms with van der Waals surface area (Å²) >= 11 is 0. The number of rotatable bonds is 14. The molecular weight excluding hydrogens is 889 g/mol. The third-order valence-electron chi connectivity index (χ3n) is 11.3. The summed E-state index contributed by atoms with van der Waals surface area (Å²) in [5.74, 6) is 2.17. The van der Waals surface area contributed by atoms with E-state index in [9.17, 15) is 26.4 Å². The van der Waals surface area contributed by atoms with E-state index in [0.29, 0.717) is 72.7 Å². The van der Waals surface area contributed by atoms with Gasteiger partial charge in [-0.3, -0.25) is 28.2 Å². The Morgan fingerprint density at radius 1 is 0.682 bits per heavy atom. The summed E-state index contributed by atoms with van der Waals surface area (Å²) in [4.78, 5) is 36.9. The van der Waals surface area contributed by atoms with Gasteiger partial charge in [-0.05, 0) is 71.8 Å². The number of sulfonamides is 2. The van der Waals surface area contributed by atoms with Crippen LogP contribution in [0, 0.1) is 0 Å². The molecule has 0 saturated carbocycles. The van der Waals surface area contributed by atoms with Gasteiger partial charge < -0.3 is 33.6 Å². The molecular formula is C47H46N6O11S2. The first kappa shape index (κ1) is 45.2. The topological polar surface area (TPSA) is 200 Å². The minimum Gasteiger partial charge on any atom is -0.497 e. The number of benzene rings is 4. The SMILES string of the molecule is COc1ccc(COc2c3c(c(N(C)S(C)(=O)=O)c4cccnc24)CN(Cc2ccco2)C3=O)cc1.COc1ccc(COc2c3c(c(N(C)S(C)(=O)=O)c4cccnc24)CNC3=O)cc1. The number of hydrogen-bond donors (Lipinski definition) is 1. The van der Waals surface area contributed by atoms with Gasteiger partial charge in [0.15, 0.2) is 11.5 Å². The maximum absolute atomic E-state index is 13.7. The van der Waals surface area contributed by atoms with Crippen molar-refractivity contribution in [3.63, 3.8) is 0 Å².